The molecule has 0 amide bonds. The van der Waals surface area contributed by atoms with Crippen molar-refractivity contribution in [3.8, 4) is 0 Å². The van der Waals surface area contributed by atoms with Gasteiger partial charge in [0.15, 0.2) is 0 Å². The SMILES string of the molecule is Nc1nnc(S(=O)(=O)NCc2ccncn2)s1. The summed E-state index contributed by atoms with van der Waals surface area (Å²) in [7, 11) is -3.68. The summed E-state index contributed by atoms with van der Waals surface area (Å²) in [6.07, 6.45) is 2.87. The third-order valence-electron chi connectivity index (χ3n) is 1.74. The Kier molecular flexibility index (Phi) is 3.26. The van der Waals surface area contributed by atoms with Gasteiger partial charge in [-0.1, -0.05) is 11.3 Å². The van der Waals surface area contributed by atoms with Crippen LogP contribution < -0.4 is 10.5 Å². The lowest BCUT2D eigenvalue weighted by Crippen LogP contribution is -2.23. The van der Waals surface area contributed by atoms with E-state index in [0.717, 1.165) is 11.3 Å². The van der Waals surface area contributed by atoms with Gasteiger partial charge in [0.25, 0.3) is 10.0 Å². The predicted molar refractivity (Wildman–Crippen MR) is 60.4 cm³/mol. The molecule has 0 saturated heterocycles. The zero-order valence-corrected chi connectivity index (χ0v) is 10.1. The molecule has 17 heavy (non-hydrogen) atoms. The number of nitrogen functional groups attached to an aromatic ring is 1. The molecule has 0 saturated carbocycles. The lowest BCUT2D eigenvalue weighted by atomic mass is 10.4. The molecular weight excluding hydrogens is 264 g/mol. The Labute approximate surface area is 101 Å². The Morgan fingerprint density at radius 3 is 2.82 bits per heavy atom. The van der Waals surface area contributed by atoms with Gasteiger partial charge in [0.05, 0.1) is 12.2 Å². The number of nitrogens with one attached hydrogen (secondary N) is 1. The van der Waals surface area contributed by atoms with Crippen LogP contribution >= 0.6 is 11.3 Å². The van der Waals surface area contributed by atoms with E-state index in [0.29, 0.717) is 5.69 Å². The number of aromatic nitrogens is 4. The van der Waals surface area contributed by atoms with Gasteiger partial charge in [-0.25, -0.2) is 23.1 Å². The summed E-state index contributed by atoms with van der Waals surface area (Å²) in [4.78, 5) is 7.61. The van der Waals surface area contributed by atoms with Crippen LogP contribution in [0.4, 0.5) is 5.13 Å². The highest BCUT2D eigenvalue weighted by atomic mass is 32.2. The Balaban J connectivity index is 2.09. The molecule has 2 aromatic rings. The van der Waals surface area contributed by atoms with Crippen LogP contribution in [0.3, 0.4) is 0 Å². The van der Waals surface area contributed by atoms with Crippen LogP contribution in [0.1, 0.15) is 5.69 Å². The van der Waals surface area contributed by atoms with Gasteiger partial charge in [-0.2, -0.15) is 0 Å². The van der Waals surface area contributed by atoms with Gasteiger partial charge in [0.1, 0.15) is 6.33 Å². The second kappa shape index (κ2) is 4.69. The highest BCUT2D eigenvalue weighted by Crippen LogP contribution is 2.16. The molecule has 8 nitrogen and oxygen atoms in total. The second-order valence-corrected chi connectivity index (χ2v) is 5.88. The number of hydrogen-bond acceptors (Lipinski definition) is 8. The first-order chi connectivity index (χ1) is 8.08. The molecule has 0 bridgehead atoms. The third kappa shape index (κ3) is 2.93. The highest BCUT2D eigenvalue weighted by molar-refractivity contribution is 7.91. The van der Waals surface area contributed by atoms with Gasteiger partial charge in [-0.3, -0.25) is 0 Å². The molecule has 0 aliphatic heterocycles. The van der Waals surface area contributed by atoms with Crippen molar-refractivity contribution in [1.82, 2.24) is 24.9 Å². The Bertz CT molecular complexity index is 596. The van der Waals surface area contributed by atoms with Crippen molar-refractivity contribution in [2.75, 3.05) is 5.73 Å². The zero-order valence-electron chi connectivity index (χ0n) is 8.44. The van der Waals surface area contributed by atoms with Crippen LogP contribution in [-0.2, 0) is 16.6 Å². The summed E-state index contributed by atoms with van der Waals surface area (Å²) in [5, 5.41) is 7.00. The minimum Gasteiger partial charge on any atom is -0.374 e. The fraction of sp³-hybridized carbons (Fsp3) is 0.143. The van der Waals surface area contributed by atoms with Crippen molar-refractivity contribution in [3.63, 3.8) is 0 Å². The first-order valence-electron chi connectivity index (χ1n) is 4.41. The van der Waals surface area contributed by atoms with E-state index >= 15 is 0 Å². The highest BCUT2D eigenvalue weighted by Gasteiger charge is 2.19. The third-order valence-corrected chi connectivity index (χ3v) is 4.26. The molecule has 2 rings (SSSR count). The maximum Gasteiger partial charge on any atom is 0.270 e. The average Bonchev–Trinajstić information content (AvgIpc) is 2.76. The number of nitrogens with two attached hydrogens (primary N) is 1. The summed E-state index contributed by atoms with van der Waals surface area (Å²) in [5.41, 5.74) is 5.87. The number of hydrogen-bond donors (Lipinski definition) is 2. The molecule has 0 radical (unpaired) electrons. The van der Waals surface area contributed by atoms with Crippen LogP contribution in [0.25, 0.3) is 0 Å². The van der Waals surface area contributed by atoms with E-state index < -0.39 is 10.0 Å². The van der Waals surface area contributed by atoms with Crippen molar-refractivity contribution >= 4 is 26.5 Å². The van der Waals surface area contributed by atoms with E-state index in [-0.39, 0.29) is 16.0 Å². The van der Waals surface area contributed by atoms with Crippen LogP contribution in [-0.4, -0.2) is 28.6 Å². The van der Waals surface area contributed by atoms with Crippen molar-refractivity contribution in [1.29, 1.82) is 0 Å². The van der Waals surface area contributed by atoms with E-state index in [1.54, 1.807) is 6.07 Å². The smallest absolute Gasteiger partial charge is 0.270 e. The van der Waals surface area contributed by atoms with Crippen LogP contribution in [0.5, 0.6) is 0 Å². The monoisotopic (exact) mass is 272 g/mol. The standard InChI is InChI=1S/C7H8N6O2S2/c8-6-12-13-7(16-6)17(14,15)11-3-5-1-2-9-4-10-5/h1-2,4,11H,3H2,(H2,8,12). The summed E-state index contributed by atoms with van der Waals surface area (Å²) >= 11 is 0.802. The first-order valence-corrected chi connectivity index (χ1v) is 6.71. The van der Waals surface area contributed by atoms with Crippen LogP contribution in [0.15, 0.2) is 22.9 Å². The lowest BCUT2D eigenvalue weighted by Gasteiger charge is -2.01. The van der Waals surface area contributed by atoms with Crippen molar-refractivity contribution in [2.45, 2.75) is 10.9 Å². The summed E-state index contributed by atoms with van der Waals surface area (Å²) in [5.74, 6) is 0. The van der Waals surface area contributed by atoms with Crippen molar-refractivity contribution < 1.29 is 8.42 Å². The minimum absolute atomic E-state index is 0.0599. The summed E-state index contributed by atoms with van der Waals surface area (Å²) in [6, 6.07) is 1.61. The van der Waals surface area contributed by atoms with Gasteiger partial charge in [0.2, 0.25) is 9.47 Å². The quantitative estimate of drug-likeness (QED) is 0.760. The van der Waals surface area contributed by atoms with E-state index in [1.165, 1.54) is 12.5 Å². The second-order valence-electron chi connectivity index (χ2n) is 2.93. The van der Waals surface area contributed by atoms with Gasteiger partial charge >= 0.3 is 0 Å². The first kappa shape index (κ1) is 11.8. The Morgan fingerprint density at radius 2 is 2.24 bits per heavy atom. The number of rotatable bonds is 4. The number of anilines is 1. The molecule has 0 atom stereocenters. The summed E-state index contributed by atoms with van der Waals surface area (Å²) in [6.45, 7) is 0.0599. The van der Waals surface area contributed by atoms with Gasteiger partial charge < -0.3 is 5.73 Å². The zero-order chi connectivity index (χ0) is 12.3. The minimum atomic E-state index is -3.68. The maximum absolute atomic E-state index is 11.7. The van der Waals surface area contributed by atoms with Crippen molar-refractivity contribution in [2.24, 2.45) is 0 Å². The molecule has 90 valence electrons. The van der Waals surface area contributed by atoms with Crippen molar-refractivity contribution in [3.05, 3.63) is 24.3 Å². The molecule has 0 aliphatic carbocycles. The Morgan fingerprint density at radius 1 is 1.41 bits per heavy atom. The molecule has 0 spiro atoms. The molecule has 0 fully saturated rings. The maximum atomic E-state index is 11.7. The molecule has 0 unspecified atom stereocenters. The van der Waals surface area contributed by atoms with Crippen LogP contribution in [0.2, 0.25) is 0 Å². The largest absolute Gasteiger partial charge is 0.374 e. The van der Waals surface area contributed by atoms with E-state index in [2.05, 4.69) is 24.9 Å². The number of sulfonamides is 1. The molecule has 3 N–H and O–H groups in total. The molecular formula is C7H8N6O2S2. The predicted octanol–water partition coefficient (Wildman–Crippen LogP) is -0.611. The molecule has 2 heterocycles. The average molecular weight is 272 g/mol. The van der Waals surface area contributed by atoms with E-state index in [9.17, 15) is 8.42 Å². The Hall–Kier alpha value is -1.65. The fourth-order valence-corrected chi connectivity index (χ4v) is 2.81. The topological polar surface area (TPSA) is 124 Å². The molecule has 2 aromatic heterocycles. The van der Waals surface area contributed by atoms with E-state index in [1.807, 2.05) is 0 Å². The van der Waals surface area contributed by atoms with E-state index in [4.69, 9.17) is 5.73 Å². The lowest BCUT2D eigenvalue weighted by molar-refractivity contribution is 0.578. The van der Waals surface area contributed by atoms with Gasteiger partial charge in [0, 0.05) is 6.20 Å². The summed E-state index contributed by atoms with van der Waals surface area (Å²) < 4.78 is 25.6. The normalized spacial score (nSPS) is 11.5. The molecule has 0 aromatic carbocycles. The fourth-order valence-electron chi connectivity index (χ4n) is 0.982. The molecule has 10 heteroatoms. The number of nitrogens with zero attached hydrogens (tertiary/aromatic N) is 4. The van der Waals surface area contributed by atoms with Gasteiger partial charge in [-0.15, -0.1) is 10.2 Å². The molecule has 0 aliphatic rings. The van der Waals surface area contributed by atoms with Crippen LogP contribution in [0, 0.1) is 0 Å². The van der Waals surface area contributed by atoms with Gasteiger partial charge in [-0.05, 0) is 6.07 Å².